The molecule has 2 heterocycles. The standard InChI is InChI=1S/C23H26N2O3/c1-3-17-12-20-18(13-23(27)28-22(20)14-21(17)26)15-24-7-9-25(10-8-24)19-6-4-5-16(2)11-19/h4-6,11-14,26H,3,7-10,15H2,1-2H3. The molecule has 5 heteroatoms. The third-order valence-corrected chi connectivity index (χ3v) is 5.54. The van der Waals surface area contributed by atoms with Crippen LogP contribution in [0.4, 0.5) is 5.69 Å². The lowest BCUT2D eigenvalue weighted by Gasteiger charge is -2.36. The summed E-state index contributed by atoms with van der Waals surface area (Å²) in [6.07, 6.45) is 0.732. The molecule has 1 aromatic heterocycles. The number of phenols is 1. The van der Waals surface area contributed by atoms with E-state index in [0.29, 0.717) is 12.1 Å². The van der Waals surface area contributed by atoms with E-state index in [4.69, 9.17) is 4.42 Å². The Morgan fingerprint density at radius 1 is 1.04 bits per heavy atom. The Morgan fingerprint density at radius 2 is 1.82 bits per heavy atom. The van der Waals surface area contributed by atoms with Crippen molar-refractivity contribution in [3.05, 3.63) is 69.6 Å². The summed E-state index contributed by atoms with van der Waals surface area (Å²) in [5.74, 6) is 0.182. The molecular formula is C23H26N2O3. The Hall–Kier alpha value is -2.79. The maximum absolute atomic E-state index is 12.0. The Morgan fingerprint density at radius 3 is 2.54 bits per heavy atom. The highest BCUT2D eigenvalue weighted by Crippen LogP contribution is 2.28. The van der Waals surface area contributed by atoms with Crippen molar-refractivity contribution in [3.8, 4) is 5.75 Å². The van der Waals surface area contributed by atoms with Crippen LogP contribution in [-0.2, 0) is 13.0 Å². The van der Waals surface area contributed by atoms with E-state index in [1.807, 2.05) is 13.0 Å². The highest BCUT2D eigenvalue weighted by atomic mass is 16.4. The predicted molar refractivity (Wildman–Crippen MR) is 112 cm³/mol. The average Bonchev–Trinajstić information content (AvgIpc) is 2.68. The van der Waals surface area contributed by atoms with Crippen molar-refractivity contribution in [2.75, 3.05) is 31.1 Å². The number of aryl methyl sites for hydroxylation is 2. The first-order chi connectivity index (χ1) is 13.5. The Kier molecular flexibility index (Phi) is 5.09. The van der Waals surface area contributed by atoms with Crippen molar-refractivity contribution in [2.45, 2.75) is 26.8 Å². The van der Waals surface area contributed by atoms with Gasteiger partial charge in [0.25, 0.3) is 0 Å². The van der Waals surface area contributed by atoms with E-state index in [1.54, 1.807) is 12.1 Å². The van der Waals surface area contributed by atoms with Gasteiger partial charge in [0.2, 0.25) is 0 Å². The fraction of sp³-hybridized carbons (Fsp3) is 0.348. The van der Waals surface area contributed by atoms with Crippen molar-refractivity contribution in [1.29, 1.82) is 0 Å². The minimum Gasteiger partial charge on any atom is -0.508 e. The average molecular weight is 378 g/mol. The molecule has 0 spiro atoms. The third-order valence-electron chi connectivity index (χ3n) is 5.54. The number of benzene rings is 2. The van der Waals surface area contributed by atoms with Crippen LogP contribution in [0.3, 0.4) is 0 Å². The molecule has 146 valence electrons. The number of hydrogen-bond donors (Lipinski definition) is 1. The van der Waals surface area contributed by atoms with E-state index >= 15 is 0 Å². The number of fused-ring (bicyclic) bond motifs is 1. The van der Waals surface area contributed by atoms with Gasteiger partial charge < -0.3 is 14.4 Å². The lowest BCUT2D eigenvalue weighted by atomic mass is 10.0. The minimum absolute atomic E-state index is 0.182. The number of aromatic hydroxyl groups is 1. The second-order valence-corrected chi connectivity index (χ2v) is 7.52. The van der Waals surface area contributed by atoms with Crippen LogP contribution in [0, 0.1) is 6.92 Å². The molecule has 0 aliphatic carbocycles. The van der Waals surface area contributed by atoms with Gasteiger partial charge in [0.1, 0.15) is 11.3 Å². The molecule has 1 aliphatic heterocycles. The van der Waals surface area contributed by atoms with Crippen LogP contribution >= 0.6 is 0 Å². The van der Waals surface area contributed by atoms with Crippen molar-refractivity contribution < 1.29 is 9.52 Å². The van der Waals surface area contributed by atoms with Crippen LogP contribution < -0.4 is 10.5 Å². The lowest BCUT2D eigenvalue weighted by Crippen LogP contribution is -2.46. The quantitative estimate of drug-likeness (QED) is 0.702. The molecule has 1 N–H and O–H groups in total. The molecule has 5 nitrogen and oxygen atoms in total. The fourth-order valence-electron chi connectivity index (χ4n) is 3.95. The van der Waals surface area contributed by atoms with Gasteiger partial charge in [-0.05, 0) is 48.2 Å². The van der Waals surface area contributed by atoms with Crippen molar-refractivity contribution in [3.63, 3.8) is 0 Å². The molecule has 1 aliphatic rings. The Balaban J connectivity index is 1.53. The van der Waals surface area contributed by atoms with Crippen LogP contribution in [0.2, 0.25) is 0 Å². The molecule has 1 saturated heterocycles. The first-order valence-electron chi connectivity index (χ1n) is 9.86. The van der Waals surface area contributed by atoms with Gasteiger partial charge in [0, 0.05) is 55.9 Å². The van der Waals surface area contributed by atoms with Gasteiger partial charge in [-0.15, -0.1) is 0 Å². The fourth-order valence-corrected chi connectivity index (χ4v) is 3.95. The molecule has 3 aromatic rings. The lowest BCUT2D eigenvalue weighted by molar-refractivity contribution is 0.250. The van der Waals surface area contributed by atoms with Crippen molar-refractivity contribution in [1.82, 2.24) is 4.90 Å². The number of piperazine rings is 1. The van der Waals surface area contributed by atoms with Crippen molar-refractivity contribution >= 4 is 16.7 Å². The summed E-state index contributed by atoms with van der Waals surface area (Å²) in [6.45, 7) is 8.63. The smallest absolute Gasteiger partial charge is 0.336 e. The molecule has 0 amide bonds. The van der Waals surface area contributed by atoms with E-state index < -0.39 is 0 Å². The highest BCUT2D eigenvalue weighted by Gasteiger charge is 2.19. The maximum Gasteiger partial charge on any atom is 0.336 e. The summed E-state index contributed by atoms with van der Waals surface area (Å²) in [7, 11) is 0. The predicted octanol–water partition coefficient (Wildman–Crippen LogP) is 3.69. The topological polar surface area (TPSA) is 56.9 Å². The van der Waals surface area contributed by atoms with Gasteiger partial charge in [-0.2, -0.15) is 0 Å². The first-order valence-corrected chi connectivity index (χ1v) is 9.86. The number of hydrogen-bond acceptors (Lipinski definition) is 5. The van der Waals surface area contributed by atoms with E-state index in [1.165, 1.54) is 11.3 Å². The molecule has 0 radical (unpaired) electrons. The third kappa shape index (κ3) is 3.76. The summed E-state index contributed by atoms with van der Waals surface area (Å²) < 4.78 is 5.32. The van der Waals surface area contributed by atoms with E-state index in [-0.39, 0.29) is 11.4 Å². The van der Waals surface area contributed by atoms with Gasteiger partial charge in [0.15, 0.2) is 0 Å². The van der Waals surface area contributed by atoms with Crippen molar-refractivity contribution in [2.24, 2.45) is 0 Å². The van der Waals surface area contributed by atoms with Gasteiger partial charge in [-0.3, -0.25) is 4.90 Å². The minimum atomic E-state index is -0.371. The number of phenolic OH excluding ortho intramolecular Hbond substituents is 1. The van der Waals surface area contributed by atoms with Crippen LogP contribution in [0.1, 0.15) is 23.6 Å². The van der Waals surface area contributed by atoms with Gasteiger partial charge in [-0.25, -0.2) is 4.79 Å². The summed E-state index contributed by atoms with van der Waals surface area (Å²) in [4.78, 5) is 16.8. The Labute approximate surface area is 164 Å². The summed E-state index contributed by atoms with van der Waals surface area (Å²) in [5.41, 5.74) is 4.46. The first kappa shape index (κ1) is 18.6. The number of anilines is 1. The summed E-state index contributed by atoms with van der Waals surface area (Å²) in [6, 6.07) is 13.7. The van der Waals surface area contributed by atoms with E-state index in [2.05, 4.69) is 41.0 Å². The molecule has 0 atom stereocenters. The zero-order chi connectivity index (χ0) is 19.7. The second kappa shape index (κ2) is 7.68. The van der Waals surface area contributed by atoms with Gasteiger partial charge >= 0.3 is 5.63 Å². The second-order valence-electron chi connectivity index (χ2n) is 7.52. The van der Waals surface area contributed by atoms with Crippen LogP contribution in [-0.4, -0.2) is 36.2 Å². The zero-order valence-corrected chi connectivity index (χ0v) is 16.4. The monoisotopic (exact) mass is 378 g/mol. The van der Waals surface area contributed by atoms with E-state index in [9.17, 15) is 9.90 Å². The Bertz CT molecular complexity index is 1050. The summed E-state index contributed by atoms with van der Waals surface area (Å²) >= 11 is 0. The largest absolute Gasteiger partial charge is 0.508 e. The molecule has 2 aromatic carbocycles. The normalized spacial score (nSPS) is 15.3. The molecule has 28 heavy (non-hydrogen) atoms. The SMILES string of the molecule is CCc1cc2c(CN3CCN(c4cccc(C)c4)CC3)cc(=O)oc2cc1O. The molecule has 1 fully saturated rings. The number of nitrogens with zero attached hydrogens (tertiary/aromatic N) is 2. The van der Waals surface area contributed by atoms with E-state index in [0.717, 1.165) is 49.1 Å². The molecular weight excluding hydrogens is 352 g/mol. The van der Waals surface area contributed by atoms with Gasteiger partial charge in [-0.1, -0.05) is 19.1 Å². The summed E-state index contributed by atoms with van der Waals surface area (Å²) in [5, 5.41) is 11.0. The number of rotatable bonds is 4. The molecule has 4 rings (SSSR count). The van der Waals surface area contributed by atoms with Crippen LogP contribution in [0.25, 0.3) is 11.0 Å². The molecule has 0 bridgehead atoms. The molecule has 0 unspecified atom stereocenters. The molecule has 0 saturated carbocycles. The highest BCUT2D eigenvalue weighted by molar-refractivity contribution is 5.82. The maximum atomic E-state index is 12.0. The van der Waals surface area contributed by atoms with Crippen LogP contribution in [0.5, 0.6) is 5.75 Å². The zero-order valence-electron chi connectivity index (χ0n) is 16.4. The van der Waals surface area contributed by atoms with Crippen LogP contribution in [0.15, 0.2) is 51.7 Å². The van der Waals surface area contributed by atoms with Gasteiger partial charge in [0.05, 0.1) is 0 Å².